The smallest absolute Gasteiger partial charge is 0.223 e. The number of aliphatic hydroxyl groups is 1. The fourth-order valence-electron chi connectivity index (χ4n) is 3.77. The molecule has 0 radical (unpaired) electrons. The van der Waals surface area contributed by atoms with Crippen molar-refractivity contribution in [3.63, 3.8) is 0 Å². The second-order valence-electron chi connectivity index (χ2n) is 8.27. The van der Waals surface area contributed by atoms with E-state index >= 15 is 0 Å². The van der Waals surface area contributed by atoms with Gasteiger partial charge < -0.3 is 19.9 Å². The number of benzene rings is 1. The average Bonchev–Trinajstić information content (AvgIpc) is 3.04. The molecule has 8 heteroatoms. The highest BCUT2D eigenvalue weighted by Crippen LogP contribution is 2.46. The van der Waals surface area contributed by atoms with Gasteiger partial charge in [0, 0.05) is 23.1 Å². The van der Waals surface area contributed by atoms with Crippen molar-refractivity contribution in [1.29, 1.82) is 0 Å². The molecular formula is C21H25ClFN3O3. The number of aromatic nitrogens is 2. The molecule has 0 bridgehead atoms. The van der Waals surface area contributed by atoms with E-state index < -0.39 is 11.9 Å². The lowest BCUT2D eigenvalue weighted by Crippen LogP contribution is -2.42. The summed E-state index contributed by atoms with van der Waals surface area (Å²) in [5.74, 6) is 0.482. The third-order valence-electron chi connectivity index (χ3n) is 6.11. The number of aliphatic hydroxyl groups excluding tert-OH is 1. The summed E-state index contributed by atoms with van der Waals surface area (Å²) in [6, 6.07) is 3.09. The molecule has 3 atom stereocenters. The van der Waals surface area contributed by atoms with Gasteiger partial charge in [0.25, 0.3) is 0 Å². The van der Waals surface area contributed by atoms with Gasteiger partial charge in [-0.1, -0.05) is 32.4 Å². The lowest BCUT2D eigenvalue weighted by Gasteiger charge is -2.28. The average molecular weight is 422 g/mol. The molecule has 1 aromatic carbocycles. The van der Waals surface area contributed by atoms with Gasteiger partial charge in [0.2, 0.25) is 5.95 Å². The molecular weight excluding hydrogens is 397 g/mol. The first-order valence-electron chi connectivity index (χ1n) is 9.81. The number of nitrogens with zero attached hydrogens (tertiary/aromatic N) is 2. The van der Waals surface area contributed by atoms with Crippen LogP contribution in [0.15, 0.2) is 18.3 Å². The second-order valence-corrected chi connectivity index (χ2v) is 8.67. The Morgan fingerprint density at radius 3 is 2.90 bits per heavy atom. The summed E-state index contributed by atoms with van der Waals surface area (Å²) in [6.07, 6.45) is 1.48. The van der Waals surface area contributed by atoms with Crippen molar-refractivity contribution in [3.05, 3.63) is 34.7 Å². The van der Waals surface area contributed by atoms with Crippen LogP contribution in [0.5, 0.6) is 5.75 Å². The molecule has 2 aliphatic rings. The van der Waals surface area contributed by atoms with Crippen LogP contribution in [0, 0.1) is 11.7 Å². The summed E-state index contributed by atoms with van der Waals surface area (Å²) >= 11 is 6.36. The molecule has 3 heterocycles. The molecule has 6 nitrogen and oxygen atoms in total. The van der Waals surface area contributed by atoms with Crippen molar-refractivity contribution in [1.82, 2.24) is 9.97 Å². The van der Waals surface area contributed by atoms with E-state index in [2.05, 4.69) is 36.1 Å². The van der Waals surface area contributed by atoms with Crippen LogP contribution in [0.3, 0.4) is 0 Å². The number of anilines is 1. The van der Waals surface area contributed by atoms with Gasteiger partial charge in [-0.15, -0.1) is 0 Å². The monoisotopic (exact) mass is 421 g/mol. The minimum absolute atomic E-state index is 0.216. The maximum Gasteiger partial charge on any atom is 0.223 e. The van der Waals surface area contributed by atoms with Gasteiger partial charge in [-0.05, 0) is 24.5 Å². The quantitative estimate of drug-likeness (QED) is 0.781. The zero-order valence-electron chi connectivity index (χ0n) is 16.7. The van der Waals surface area contributed by atoms with Crippen molar-refractivity contribution < 1.29 is 19.0 Å². The molecule has 2 aliphatic heterocycles. The molecule has 1 fully saturated rings. The summed E-state index contributed by atoms with van der Waals surface area (Å²) in [6.45, 7) is 7.53. The van der Waals surface area contributed by atoms with Crippen molar-refractivity contribution in [2.75, 3.05) is 25.1 Å². The van der Waals surface area contributed by atoms with E-state index in [0.717, 1.165) is 5.56 Å². The topological polar surface area (TPSA) is 76.5 Å². The maximum atomic E-state index is 14.8. The van der Waals surface area contributed by atoms with Crippen LogP contribution in [-0.4, -0.2) is 47.0 Å². The van der Waals surface area contributed by atoms with Crippen LogP contribution in [0.4, 0.5) is 10.3 Å². The summed E-state index contributed by atoms with van der Waals surface area (Å²) < 4.78 is 25.7. The Morgan fingerprint density at radius 1 is 1.38 bits per heavy atom. The Labute approximate surface area is 174 Å². The molecule has 2 N–H and O–H groups in total. The van der Waals surface area contributed by atoms with E-state index in [1.807, 2.05) is 6.07 Å². The number of hydrogen-bond donors (Lipinski definition) is 2. The fourth-order valence-corrected chi connectivity index (χ4v) is 3.97. The first-order chi connectivity index (χ1) is 13.8. The number of hydrogen-bond acceptors (Lipinski definition) is 6. The Kier molecular flexibility index (Phi) is 5.40. The van der Waals surface area contributed by atoms with Gasteiger partial charge in [0.1, 0.15) is 0 Å². The van der Waals surface area contributed by atoms with E-state index in [-0.39, 0.29) is 24.0 Å². The minimum Gasteiger partial charge on any atom is -0.489 e. The highest BCUT2D eigenvalue weighted by molar-refractivity contribution is 6.32. The van der Waals surface area contributed by atoms with Gasteiger partial charge in [0.05, 0.1) is 42.3 Å². The van der Waals surface area contributed by atoms with Crippen molar-refractivity contribution >= 4 is 17.5 Å². The standard InChI is InChI=1S/C21H25ClFN3O3/c1-11(2)21(3)10-29-19-13(21)6-12(7-15(19)23)18-14(22)8-24-20(26-18)25-16-4-5-28-9-17(16)27/h6-8,11,16-17,27H,4-5,9-10H2,1-3H3,(H,24,25,26)/t16-,17-,21?/m1/s1. The molecule has 1 saturated heterocycles. The number of fused-ring (bicyclic) bond motifs is 1. The third kappa shape index (κ3) is 3.67. The molecule has 1 aromatic heterocycles. The van der Waals surface area contributed by atoms with Crippen LogP contribution < -0.4 is 10.1 Å². The fraction of sp³-hybridized carbons (Fsp3) is 0.524. The van der Waals surface area contributed by atoms with E-state index in [0.29, 0.717) is 47.6 Å². The van der Waals surface area contributed by atoms with Crippen LogP contribution in [0.2, 0.25) is 5.02 Å². The molecule has 156 valence electrons. The van der Waals surface area contributed by atoms with Gasteiger partial charge in [0.15, 0.2) is 11.6 Å². The van der Waals surface area contributed by atoms with Crippen molar-refractivity contribution in [2.45, 2.75) is 44.8 Å². The normalized spacial score (nSPS) is 26.3. The zero-order chi connectivity index (χ0) is 20.8. The molecule has 0 aliphatic carbocycles. The summed E-state index contributed by atoms with van der Waals surface area (Å²) in [5, 5.41) is 13.6. The van der Waals surface area contributed by atoms with E-state index in [4.69, 9.17) is 21.1 Å². The van der Waals surface area contributed by atoms with Crippen LogP contribution in [0.1, 0.15) is 32.8 Å². The third-order valence-corrected chi connectivity index (χ3v) is 6.38. The first-order valence-corrected chi connectivity index (χ1v) is 10.2. The maximum absolute atomic E-state index is 14.8. The zero-order valence-corrected chi connectivity index (χ0v) is 17.5. The van der Waals surface area contributed by atoms with Gasteiger partial charge in [-0.3, -0.25) is 0 Å². The summed E-state index contributed by atoms with van der Waals surface area (Å²) in [5.41, 5.74) is 1.54. The first kappa shape index (κ1) is 20.3. The van der Waals surface area contributed by atoms with E-state index in [1.54, 1.807) is 0 Å². The summed E-state index contributed by atoms with van der Waals surface area (Å²) in [4.78, 5) is 8.74. The molecule has 0 spiro atoms. The largest absolute Gasteiger partial charge is 0.489 e. The Hall–Kier alpha value is -1.96. The molecule has 1 unspecified atom stereocenters. The number of ether oxygens (including phenoxy) is 2. The molecule has 0 saturated carbocycles. The SMILES string of the molecule is CC(C)C1(C)COc2c(F)cc(-c3nc(N[C@@H]4CCOC[C@H]4O)ncc3Cl)cc21. The number of halogens is 2. The van der Waals surface area contributed by atoms with Gasteiger partial charge in [-0.25, -0.2) is 14.4 Å². The highest BCUT2D eigenvalue weighted by Gasteiger charge is 2.41. The molecule has 4 rings (SSSR count). The lowest BCUT2D eigenvalue weighted by atomic mass is 9.74. The predicted octanol–water partition coefficient (Wildman–Crippen LogP) is 3.80. The van der Waals surface area contributed by atoms with Crippen molar-refractivity contribution in [2.24, 2.45) is 5.92 Å². The Balaban J connectivity index is 1.71. The van der Waals surface area contributed by atoms with Crippen LogP contribution >= 0.6 is 11.6 Å². The predicted molar refractivity (Wildman–Crippen MR) is 109 cm³/mol. The minimum atomic E-state index is -0.646. The Morgan fingerprint density at radius 2 is 2.17 bits per heavy atom. The van der Waals surface area contributed by atoms with Crippen molar-refractivity contribution in [3.8, 4) is 17.0 Å². The van der Waals surface area contributed by atoms with Crippen LogP contribution in [0.25, 0.3) is 11.3 Å². The van der Waals surface area contributed by atoms with Crippen LogP contribution in [-0.2, 0) is 10.2 Å². The molecule has 0 amide bonds. The number of rotatable bonds is 4. The van der Waals surface area contributed by atoms with E-state index in [9.17, 15) is 9.50 Å². The molecule has 29 heavy (non-hydrogen) atoms. The van der Waals surface area contributed by atoms with Gasteiger partial charge >= 0.3 is 0 Å². The summed E-state index contributed by atoms with van der Waals surface area (Å²) in [7, 11) is 0. The highest BCUT2D eigenvalue weighted by atomic mass is 35.5. The molecule has 2 aromatic rings. The Bertz CT molecular complexity index is 926. The second kappa shape index (κ2) is 7.70. The van der Waals surface area contributed by atoms with E-state index in [1.165, 1.54) is 12.3 Å². The number of nitrogens with one attached hydrogen (secondary N) is 1. The lowest BCUT2D eigenvalue weighted by molar-refractivity contribution is -0.0136. The van der Waals surface area contributed by atoms with Gasteiger partial charge in [-0.2, -0.15) is 0 Å².